The van der Waals surface area contributed by atoms with Crippen LogP contribution in [0.5, 0.6) is 0 Å². The van der Waals surface area contributed by atoms with Gasteiger partial charge in [0.15, 0.2) is 0 Å². The molecule has 0 radical (unpaired) electrons. The third-order valence-corrected chi connectivity index (χ3v) is 2.11. The van der Waals surface area contributed by atoms with Crippen LogP contribution >= 0.6 is 0 Å². The van der Waals surface area contributed by atoms with Gasteiger partial charge in [-0.05, 0) is 6.92 Å². The summed E-state index contributed by atoms with van der Waals surface area (Å²) in [6, 6.07) is 10.2. The second-order valence-corrected chi connectivity index (χ2v) is 3.06. The number of rotatable bonds is 1. The summed E-state index contributed by atoms with van der Waals surface area (Å²) in [5.41, 5.74) is 3.27. The maximum absolute atomic E-state index is 4.47. The Morgan fingerprint density at radius 3 is 2.38 bits per heavy atom. The first-order chi connectivity index (χ1) is 6.38. The first-order valence-electron chi connectivity index (χ1n) is 4.49. The molecule has 0 unspecified atom stereocenters. The lowest BCUT2D eigenvalue weighted by Gasteiger charge is -2.10. The molecule has 2 heteroatoms. The summed E-state index contributed by atoms with van der Waals surface area (Å²) >= 11 is 0. The Balaban J connectivity index is 2.37. The first kappa shape index (κ1) is 8.17. The zero-order chi connectivity index (χ0) is 9.10. The van der Waals surface area contributed by atoms with Crippen LogP contribution in [-0.4, -0.2) is 24.5 Å². The van der Waals surface area contributed by atoms with Crippen molar-refractivity contribution >= 4 is 11.4 Å². The summed E-state index contributed by atoms with van der Waals surface area (Å²) in [7, 11) is 0. The second kappa shape index (κ2) is 3.52. The van der Waals surface area contributed by atoms with Gasteiger partial charge >= 0.3 is 0 Å². The fourth-order valence-electron chi connectivity index (χ4n) is 1.47. The van der Waals surface area contributed by atoms with Crippen molar-refractivity contribution in [2.24, 2.45) is 9.98 Å². The Morgan fingerprint density at radius 1 is 1.00 bits per heavy atom. The van der Waals surface area contributed by atoms with Gasteiger partial charge in [0.1, 0.15) is 0 Å². The maximum atomic E-state index is 4.47. The molecular weight excluding hydrogens is 160 g/mol. The van der Waals surface area contributed by atoms with E-state index in [0.717, 1.165) is 24.5 Å². The molecule has 1 aliphatic rings. The van der Waals surface area contributed by atoms with Crippen molar-refractivity contribution < 1.29 is 0 Å². The number of hydrogen-bond acceptors (Lipinski definition) is 2. The standard InChI is InChI=1S/C11H12N2/c1-9-11(13-8-7-12-9)10-5-3-2-4-6-10/h2-6H,7-8H2,1H3. The van der Waals surface area contributed by atoms with Crippen molar-refractivity contribution in [2.45, 2.75) is 6.92 Å². The molecule has 0 fully saturated rings. The predicted octanol–water partition coefficient (Wildman–Crippen LogP) is 1.95. The fourth-order valence-corrected chi connectivity index (χ4v) is 1.47. The third kappa shape index (κ3) is 1.66. The van der Waals surface area contributed by atoms with Gasteiger partial charge in [0, 0.05) is 5.56 Å². The van der Waals surface area contributed by atoms with Gasteiger partial charge in [0.2, 0.25) is 0 Å². The minimum atomic E-state index is 0.821. The topological polar surface area (TPSA) is 24.7 Å². The number of aliphatic imine (C=N–C) groups is 2. The summed E-state index contributed by atoms with van der Waals surface area (Å²) in [5.74, 6) is 0. The molecule has 0 bridgehead atoms. The fraction of sp³-hybridized carbons (Fsp3) is 0.273. The van der Waals surface area contributed by atoms with E-state index in [9.17, 15) is 0 Å². The summed E-state index contributed by atoms with van der Waals surface area (Å²) in [6.45, 7) is 3.68. The highest BCUT2D eigenvalue weighted by molar-refractivity contribution is 6.47. The lowest BCUT2D eigenvalue weighted by molar-refractivity contribution is 0.962. The van der Waals surface area contributed by atoms with E-state index < -0.39 is 0 Å². The molecule has 0 aliphatic carbocycles. The summed E-state index contributed by atoms with van der Waals surface area (Å²) in [5, 5.41) is 0. The van der Waals surface area contributed by atoms with Crippen molar-refractivity contribution in [3.05, 3.63) is 35.9 Å². The summed E-state index contributed by atoms with van der Waals surface area (Å²) < 4.78 is 0. The van der Waals surface area contributed by atoms with E-state index in [4.69, 9.17) is 0 Å². The van der Waals surface area contributed by atoms with E-state index in [2.05, 4.69) is 22.1 Å². The molecule has 1 aliphatic heterocycles. The molecule has 66 valence electrons. The lowest BCUT2D eigenvalue weighted by atomic mass is 10.1. The smallest absolute Gasteiger partial charge is 0.0854 e. The van der Waals surface area contributed by atoms with Crippen molar-refractivity contribution in [3.8, 4) is 0 Å². The van der Waals surface area contributed by atoms with Gasteiger partial charge in [-0.15, -0.1) is 0 Å². The Bertz CT molecular complexity index is 350. The quantitative estimate of drug-likeness (QED) is 0.618. The first-order valence-corrected chi connectivity index (χ1v) is 4.49. The largest absolute Gasteiger partial charge is 0.286 e. The molecule has 2 rings (SSSR count). The summed E-state index contributed by atoms with van der Waals surface area (Å²) in [6.07, 6.45) is 0. The van der Waals surface area contributed by atoms with Crippen LogP contribution in [0.4, 0.5) is 0 Å². The molecule has 0 N–H and O–H groups in total. The molecule has 0 spiro atoms. The lowest BCUT2D eigenvalue weighted by Crippen LogP contribution is -2.18. The van der Waals surface area contributed by atoms with Crippen LogP contribution in [0.1, 0.15) is 12.5 Å². The molecule has 1 aromatic carbocycles. The molecule has 0 amide bonds. The van der Waals surface area contributed by atoms with Gasteiger partial charge in [0.05, 0.1) is 24.5 Å². The minimum absolute atomic E-state index is 0.821. The normalized spacial score (nSPS) is 16.4. The Hall–Kier alpha value is -1.44. The maximum Gasteiger partial charge on any atom is 0.0854 e. The number of hydrogen-bond donors (Lipinski definition) is 0. The molecule has 0 saturated heterocycles. The Labute approximate surface area is 78.0 Å². The van der Waals surface area contributed by atoms with Crippen LogP contribution in [0.2, 0.25) is 0 Å². The van der Waals surface area contributed by atoms with E-state index in [-0.39, 0.29) is 0 Å². The SMILES string of the molecule is CC1=NCCN=C1c1ccccc1. The molecule has 0 atom stereocenters. The zero-order valence-electron chi connectivity index (χ0n) is 7.70. The average molecular weight is 172 g/mol. The minimum Gasteiger partial charge on any atom is -0.286 e. The predicted molar refractivity (Wildman–Crippen MR) is 55.8 cm³/mol. The number of benzene rings is 1. The molecule has 1 heterocycles. The van der Waals surface area contributed by atoms with Crippen LogP contribution in [0.25, 0.3) is 0 Å². The summed E-state index contributed by atoms with van der Waals surface area (Å²) in [4.78, 5) is 8.84. The molecule has 1 aromatic rings. The highest BCUT2D eigenvalue weighted by Gasteiger charge is 2.08. The van der Waals surface area contributed by atoms with Crippen molar-refractivity contribution in [3.63, 3.8) is 0 Å². The average Bonchev–Trinajstić information content (AvgIpc) is 2.20. The van der Waals surface area contributed by atoms with Gasteiger partial charge in [0.25, 0.3) is 0 Å². The second-order valence-electron chi connectivity index (χ2n) is 3.06. The van der Waals surface area contributed by atoms with Gasteiger partial charge in [-0.3, -0.25) is 9.98 Å². The van der Waals surface area contributed by atoms with Crippen molar-refractivity contribution in [1.29, 1.82) is 0 Å². The van der Waals surface area contributed by atoms with E-state index >= 15 is 0 Å². The van der Waals surface area contributed by atoms with E-state index in [0.29, 0.717) is 0 Å². The van der Waals surface area contributed by atoms with Crippen molar-refractivity contribution in [1.82, 2.24) is 0 Å². The van der Waals surface area contributed by atoms with Crippen LogP contribution in [0, 0.1) is 0 Å². The van der Waals surface area contributed by atoms with Crippen molar-refractivity contribution in [2.75, 3.05) is 13.1 Å². The van der Waals surface area contributed by atoms with Crippen LogP contribution in [0.15, 0.2) is 40.3 Å². The molecule has 0 saturated carbocycles. The highest BCUT2D eigenvalue weighted by atomic mass is 14.9. The zero-order valence-corrected chi connectivity index (χ0v) is 7.70. The highest BCUT2D eigenvalue weighted by Crippen LogP contribution is 2.05. The van der Waals surface area contributed by atoms with Crippen LogP contribution < -0.4 is 0 Å². The van der Waals surface area contributed by atoms with Gasteiger partial charge in [-0.2, -0.15) is 0 Å². The molecule has 2 nitrogen and oxygen atoms in total. The van der Waals surface area contributed by atoms with Crippen LogP contribution in [-0.2, 0) is 0 Å². The van der Waals surface area contributed by atoms with E-state index in [1.54, 1.807) is 0 Å². The third-order valence-electron chi connectivity index (χ3n) is 2.11. The molecule has 0 aromatic heterocycles. The van der Waals surface area contributed by atoms with Gasteiger partial charge in [-0.25, -0.2) is 0 Å². The molecule has 13 heavy (non-hydrogen) atoms. The monoisotopic (exact) mass is 172 g/mol. The van der Waals surface area contributed by atoms with Crippen LogP contribution in [0.3, 0.4) is 0 Å². The van der Waals surface area contributed by atoms with E-state index in [1.165, 1.54) is 5.56 Å². The number of nitrogens with zero attached hydrogens (tertiary/aromatic N) is 2. The van der Waals surface area contributed by atoms with Gasteiger partial charge < -0.3 is 0 Å². The molecular formula is C11H12N2. The van der Waals surface area contributed by atoms with Gasteiger partial charge in [-0.1, -0.05) is 30.3 Å². The van der Waals surface area contributed by atoms with E-state index in [1.807, 2.05) is 25.1 Å². The Morgan fingerprint density at radius 2 is 1.69 bits per heavy atom. The Kier molecular flexibility index (Phi) is 2.21.